The van der Waals surface area contributed by atoms with Gasteiger partial charge in [0.1, 0.15) is 11.3 Å². The lowest BCUT2D eigenvalue weighted by Gasteiger charge is -2.17. The van der Waals surface area contributed by atoms with Gasteiger partial charge in [-0.25, -0.2) is 9.78 Å². The van der Waals surface area contributed by atoms with Crippen LogP contribution >= 0.6 is 0 Å². The fraction of sp³-hybridized carbons (Fsp3) is 0.308. The van der Waals surface area contributed by atoms with E-state index in [2.05, 4.69) is 4.98 Å². The topological polar surface area (TPSA) is 56.3 Å². The summed E-state index contributed by atoms with van der Waals surface area (Å²) in [6.45, 7) is 5.39. The number of carbonyl (C=O) groups excluding carboxylic acids is 2. The van der Waals surface area contributed by atoms with E-state index >= 15 is 0 Å². The van der Waals surface area contributed by atoms with Gasteiger partial charge in [0.05, 0.1) is 5.69 Å². The van der Waals surface area contributed by atoms with E-state index in [4.69, 9.17) is 4.74 Å². The number of ether oxygens (including phenoxy) is 1. The Kier molecular flexibility index (Phi) is 4.15. The summed E-state index contributed by atoms with van der Waals surface area (Å²) in [4.78, 5) is 25.9. The maximum Gasteiger partial charge on any atom is 0.331 e. The molecule has 0 aliphatic carbocycles. The van der Waals surface area contributed by atoms with Crippen LogP contribution in [0.4, 0.5) is 0 Å². The van der Waals surface area contributed by atoms with E-state index in [0.717, 1.165) is 0 Å². The lowest BCUT2D eigenvalue weighted by molar-refractivity contribution is -0.148. The van der Waals surface area contributed by atoms with Crippen LogP contribution in [0.1, 0.15) is 37.0 Å². The SMILES string of the molecule is CC(C)(C)OC(=O)C=Cc1cccc(C=O)n1. The standard InChI is InChI=1S/C13H15NO3/c1-13(2,3)17-12(16)8-7-10-5-4-6-11(9-15)14-10/h4-9H,1-3H3. The van der Waals surface area contributed by atoms with E-state index < -0.39 is 11.6 Å². The molecule has 0 saturated carbocycles. The Morgan fingerprint density at radius 3 is 2.53 bits per heavy atom. The minimum atomic E-state index is -0.514. The second-order valence-electron chi connectivity index (χ2n) is 4.47. The highest BCUT2D eigenvalue weighted by Gasteiger charge is 2.13. The predicted octanol–water partition coefficient (Wildman–Crippen LogP) is 2.25. The number of hydrogen-bond acceptors (Lipinski definition) is 4. The van der Waals surface area contributed by atoms with Crippen molar-refractivity contribution in [1.82, 2.24) is 4.98 Å². The molecule has 17 heavy (non-hydrogen) atoms. The van der Waals surface area contributed by atoms with Crippen LogP contribution in [0.25, 0.3) is 6.08 Å². The zero-order valence-electron chi connectivity index (χ0n) is 10.1. The summed E-state index contributed by atoms with van der Waals surface area (Å²) in [7, 11) is 0. The van der Waals surface area contributed by atoms with E-state index in [0.29, 0.717) is 17.7 Å². The molecule has 0 aliphatic rings. The summed E-state index contributed by atoms with van der Waals surface area (Å²) >= 11 is 0. The Bertz CT molecular complexity index is 444. The molecular formula is C13H15NO3. The Balaban J connectivity index is 2.70. The molecule has 4 nitrogen and oxygen atoms in total. The molecule has 0 aromatic carbocycles. The summed E-state index contributed by atoms with van der Waals surface area (Å²) in [6, 6.07) is 5.00. The molecule has 90 valence electrons. The highest BCUT2D eigenvalue weighted by atomic mass is 16.6. The minimum absolute atomic E-state index is 0.330. The first kappa shape index (κ1) is 13.1. The van der Waals surface area contributed by atoms with Gasteiger partial charge in [0, 0.05) is 6.08 Å². The highest BCUT2D eigenvalue weighted by molar-refractivity contribution is 5.87. The Hall–Kier alpha value is -1.97. The molecule has 1 rings (SSSR count). The number of aldehydes is 1. The molecule has 1 aromatic heterocycles. The maximum atomic E-state index is 11.4. The largest absolute Gasteiger partial charge is 0.457 e. The summed E-state index contributed by atoms with van der Waals surface area (Å²) in [6.07, 6.45) is 3.47. The zero-order chi connectivity index (χ0) is 12.9. The van der Waals surface area contributed by atoms with Crippen LogP contribution in [-0.4, -0.2) is 22.8 Å². The Labute approximate surface area is 100 Å². The van der Waals surface area contributed by atoms with Gasteiger partial charge in [-0.3, -0.25) is 4.79 Å². The van der Waals surface area contributed by atoms with Crippen LogP contribution in [0.3, 0.4) is 0 Å². The lowest BCUT2D eigenvalue weighted by atomic mass is 10.2. The van der Waals surface area contributed by atoms with Gasteiger partial charge in [-0.15, -0.1) is 0 Å². The second-order valence-corrected chi connectivity index (χ2v) is 4.47. The van der Waals surface area contributed by atoms with Crippen molar-refractivity contribution in [3.05, 3.63) is 35.7 Å². The summed E-state index contributed by atoms with van der Waals surface area (Å²) in [5, 5.41) is 0. The highest BCUT2D eigenvalue weighted by Crippen LogP contribution is 2.08. The van der Waals surface area contributed by atoms with Crippen LogP contribution in [0.15, 0.2) is 24.3 Å². The molecule has 0 aliphatic heterocycles. The summed E-state index contributed by atoms with van der Waals surface area (Å²) in [5.74, 6) is -0.434. The van der Waals surface area contributed by atoms with Crippen LogP contribution in [0.5, 0.6) is 0 Å². The first-order chi connectivity index (χ1) is 7.90. The summed E-state index contributed by atoms with van der Waals surface area (Å²) in [5.41, 5.74) is 0.358. The predicted molar refractivity (Wildman–Crippen MR) is 64.5 cm³/mol. The summed E-state index contributed by atoms with van der Waals surface area (Å²) < 4.78 is 5.09. The average Bonchev–Trinajstić information content (AvgIpc) is 2.24. The van der Waals surface area contributed by atoms with Crippen molar-refractivity contribution >= 4 is 18.3 Å². The maximum absolute atomic E-state index is 11.4. The van der Waals surface area contributed by atoms with Gasteiger partial charge < -0.3 is 4.74 Å². The molecule has 1 aromatic rings. The first-order valence-electron chi connectivity index (χ1n) is 5.24. The van der Waals surface area contributed by atoms with Gasteiger partial charge in [-0.05, 0) is 39.0 Å². The fourth-order valence-electron chi connectivity index (χ4n) is 1.12. The molecular weight excluding hydrogens is 218 g/mol. The number of nitrogens with zero attached hydrogens (tertiary/aromatic N) is 1. The van der Waals surface area contributed by atoms with Crippen LogP contribution in [0, 0.1) is 0 Å². The number of hydrogen-bond donors (Lipinski definition) is 0. The molecule has 0 bridgehead atoms. The molecule has 4 heteroatoms. The van der Waals surface area contributed by atoms with Crippen molar-refractivity contribution in [2.45, 2.75) is 26.4 Å². The molecule has 0 N–H and O–H groups in total. The van der Waals surface area contributed by atoms with Crippen molar-refractivity contribution in [2.75, 3.05) is 0 Å². The van der Waals surface area contributed by atoms with Gasteiger partial charge in [0.25, 0.3) is 0 Å². The monoisotopic (exact) mass is 233 g/mol. The smallest absolute Gasteiger partial charge is 0.331 e. The molecule has 0 amide bonds. The van der Waals surface area contributed by atoms with E-state index in [1.807, 2.05) is 0 Å². The van der Waals surface area contributed by atoms with Crippen molar-refractivity contribution in [1.29, 1.82) is 0 Å². The molecule has 0 radical (unpaired) electrons. The van der Waals surface area contributed by atoms with E-state index in [1.54, 1.807) is 39.0 Å². The van der Waals surface area contributed by atoms with Crippen molar-refractivity contribution in [3.63, 3.8) is 0 Å². The Morgan fingerprint density at radius 2 is 1.94 bits per heavy atom. The lowest BCUT2D eigenvalue weighted by Crippen LogP contribution is -2.22. The average molecular weight is 233 g/mol. The molecule has 0 fully saturated rings. The third kappa shape index (κ3) is 5.06. The van der Waals surface area contributed by atoms with Crippen LogP contribution < -0.4 is 0 Å². The third-order valence-corrected chi connectivity index (χ3v) is 1.71. The molecule has 1 heterocycles. The fourth-order valence-corrected chi connectivity index (χ4v) is 1.12. The number of aromatic nitrogens is 1. The van der Waals surface area contributed by atoms with Crippen molar-refractivity contribution < 1.29 is 14.3 Å². The minimum Gasteiger partial charge on any atom is -0.457 e. The number of carbonyl (C=O) groups is 2. The van der Waals surface area contributed by atoms with Gasteiger partial charge >= 0.3 is 5.97 Å². The van der Waals surface area contributed by atoms with Gasteiger partial charge in [0.2, 0.25) is 0 Å². The normalized spacial score (nSPS) is 11.5. The second kappa shape index (κ2) is 5.39. The van der Waals surface area contributed by atoms with Crippen molar-refractivity contribution in [2.24, 2.45) is 0 Å². The molecule has 0 spiro atoms. The van der Waals surface area contributed by atoms with E-state index in [9.17, 15) is 9.59 Å². The zero-order valence-corrected chi connectivity index (χ0v) is 10.1. The number of esters is 1. The molecule has 0 unspecified atom stereocenters. The third-order valence-electron chi connectivity index (χ3n) is 1.71. The first-order valence-corrected chi connectivity index (χ1v) is 5.24. The molecule has 0 atom stereocenters. The van der Waals surface area contributed by atoms with Gasteiger partial charge in [-0.2, -0.15) is 0 Å². The van der Waals surface area contributed by atoms with Crippen LogP contribution in [-0.2, 0) is 9.53 Å². The van der Waals surface area contributed by atoms with E-state index in [-0.39, 0.29) is 0 Å². The number of pyridine rings is 1. The van der Waals surface area contributed by atoms with Crippen molar-refractivity contribution in [3.8, 4) is 0 Å². The number of rotatable bonds is 3. The Morgan fingerprint density at radius 1 is 1.29 bits per heavy atom. The van der Waals surface area contributed by atoms with Crippen LogP contribution in [0.2, 0.25) is 0 Å². The van der Waals surface area contributed by atoms with E-state index in [1.165, 1.54) is 12.2 Å². The van der Waals surface area contributed by atoms with Gasteiger partial charge in [0.15, 0.2) is 6.29 Å². The molecule has 0 saturated heterocycles. The van der Waals surface area contributed by atoms with Gasteiger partial charge in [-0.1, -0.05) is 6.07 Å². The quantitative estimate of drug-likeness (QED) is 0.456.